The summed E-state index contributed by atoms with van der Waals surface area (Å²) in [5.74, 6) is -5.03. The Morgan fingerprint density at radius 3 is 2.00 bits per heavy atom. The van der Waals surface area contributed by atoms with Crippen molar-refractivity contribution in [2.75, 3.05) is 125 Å². The van der Waals surface area contributed by atoms with E-state index in [1.165, 1.54) is 17.1 Å². The first kappa shape index (κ1) is 82.9. The third kappa shape index (κ3) is 22.5. The molecule has 13 rings (SSSR count). The highest BCUT2D eigenvalue weighted by atomic mass is 16.8. The van der Waals surface area contributed by atoms with E-state index in [0.29, 0.717) is 96.1 Å². The zero-order valence-corrected chi connectivity index (χ0v) is 63.7. The predicted octanol–water partition coefficient (Wildman–Crippen LogP) is 1.37. The quantitative estimate of drug-likeness (QED) is 0.0512. The Bertz CT molecular complexity index is 3350. The maximum atomic E-state index is 14.6. The second-order valence-electron chi connectivity index (χ2n) is 31.2. The van der Waals surface area contributed by atoms with Crippen LogP contribution >= 0.6 is 0 Å². The molecule has 0 aliphatic carbocycles. The standard InChI is InChI=1S/C79H114N8O23/c1-48-35-54-14-16-59-49(2)36-56(103-59)20-21-79-42-64-74(109-79)75-76(108-64)77(110-79)73-60(107-75)17-15-55(105-73)38-52(88)39-57-62(41-61(104-54)50(48)3)106-63(72(57)98-4)40-53(89)43-80-66(91)45-83-78(97)58(37-51-11-7-5-8-12-51)84-67(92)46-81-65(90)44-82-68(93)47-85-23-27-99-31-33-101-29-25-86(26-30-102-34-32-100-28-24-85)69(94)13-9-6-10-22-87-70(95)18-19-71(87)96/h5,7-8,11-12,18-19,48,53-64,72-77,89H,2-3,6,9-10,13-17,20-47H2,1,4H3,(H,80,91)(H,81,90)(H,82,93)(H,83,97)(H,84,92)/t48-,53+,54+,55-,56+,57+,58+,59+,60+,61-,62+,63-,64-,72-,73+,74+,75?,76?,77+,79+/m1/s1. The van der Waals surface area contributed by atoms with Gasteiger partial charge in [0, 0.05) is 116 Å². The van der Waals surface area contributed by atoms with Crippen LogP contribution in [0.1, 0.15) is 122 Å². The number of imide groups is 1. The van der Waals surface area contributed by atoms with Gasteiger partial charge in [-0.2, -0.15) is 0 Å². The number of fused-ring (bicyclic) bond motifs is 6. The number of ether oxygens (including phenoxy) is 13. The van der Waals surface area contributed by atoms with Crippen LogP contribution in [0.2, 0.25) is 0 Å². The number of rotatable bonds is 23. The fraction of sp³-hybridized carbons (Fsp3) is 0.734. The van der Waals surface area contributed by atoms with E-state index < -0.39 is 116 Å². The van der Waals surface area contributed by atoms with E-state index in [1.54, 1.807) is 42.3 Å². The minimum atomic E-state index is -1.18. The number of amides is 8. The van der Waals surface area contributed by atoms with Crippen LogP contribution in [0, 0.1) is 11.8 Å². The molecular formula is C79H114N8O23. The first-order chi connectivity index (χ1) is 53.2. The van der Waals surface area contributed by atoms with Crippen molar-refractivity contribution in [3.05, 3.63) is 72.4 Å². The van der Waals surface area contributed by atoms with Crippen LogP contribution in [0.25, 0.3) is 0 Å². The molecule has 608 valence electrons. The van der Waals surface area contributed by atoms with Crippen molar-refractivity contribution in [1.82, 2.24) is 41.3 Å². The third-order valence-electron chi connectivity index (χ3n) is 23.2. The summed E-state index contributed by atoms with van der Waals surface area (Å²) in [6.45, 7) is 13.2. The average molecular weight is 1540 g/mol. The normalized spacial score (nSPS) is 33.9. The average Bonchev–Trinajstić information content (AvgIpc) is 1.55. The molecule has 6 N–H and O–H groups in total. The molecule has 0 radical (unpaired) electrons. The highest BCUT2D eigenvalue weighted by molar-refractivity contribution is 6.12. The lowest BCUT2D eigenvalue weighted by Crippen LogP contribution is -2.61. The van der Waals surface area contributed by atoms with E-state index >= 15 is 0 Å². The Hall–Kier alpha value is -6.53. The largest absolute Gasteiger partial charge is 0.391 e. The lowest BCUT2D eigenvalue weighted by molar-refractivity contribution is -0.292. The zero-order chi connectivity index (χ0) is 77.3. The number of carbonyl (C=O) groups is 9. The smallest absolute Gasteiger partial charge is 0.253 e. The second-order valence-corrected chi connectivity index (χ2v) is 31.2. The summed E-state index contributed by atoms with van der Waals surface area (Å²) in [5, 5.41) is 24.7. The molecule has 11 saturated heterocycles. The molecular weight excluding hydrogens is 1430 g/mol. The number of ketones is 1. The van der Waals surface area contributed by atoms with Crippen molar-refractivity contribution >= 4 is 53.0 Å². The monoisotopic (exact) mass is 1540 g/mol. The number of nitrogens with zero attached hydrogens (tertiary/aromatic N) is 3. The van der Waals surface area contributed by atoms with Gasteiger partial charge in [0.25, 0.3) is 11.8 Å². The van der Waals surface area contributed by atoms with E-state index in [-0.39, 0.29) is 170 Å². The Morgan fingerprint density at radius 1 is 0.618 bits per heavy atom. The number of unbranched alkanes of at least 4 members (excludes halogenated alkanes) is 2. The number of carbonyl (C=O) groups excluding carboxylic acids is 9. The first-order valence-electron chi connectivity index (χ1n) is 39.9. The van der Waals surface area contributed by atoms with Gasteiger partial charge in [0.05, 0.1) is 146 Å². The van der Waals surface area contributed by atoms with Crippen LogP contribution in [0.5, 0.6) is 0 Å². The van der Waals surface area contributed by atoms with Crippen LogP contribution in [0.15, 0.2) is 66.8 Å². The minimum Gasteiger partial charge on any atom is -0.391 e. The fourth-order valence-corrected chi connectivity index (χ4v) is 17.4. The lowest BCUT2D eigenvalue weighted by Gasteiger charge is -2.47. The summed E-state index contributed by atoms with van der Waals surface area (Å²) in [6.07, 6.45) is 5.50. The van der Waals surface area contributed by atoms with Gasteiger partial charge >= 0.3 is 0 Å². The van der Waals surface area contributed by atoms with Crippen molar-refractivity contribution in [1.29, 1.82) is 0 Å². The molecule has 110 heavy (non-hydrogen) atoms. The van der Waals surface area contributed by atoms with Gasteiger partial charge in [-0.3, -0.25) is 53.0 Å². The minimum absolute atomic E-state index is 0.0227. The van der Waals surface area contributed by atoms with Gasteiger partial charge in [0.15, 0.2) is 5.79 Å². The van der Waals surface area contributed by atoms with Crippen molar-refractivity contribution in [3.63, 3.8) is 0 Å². The number of hydrogen-bond donors (Lipinski definition) is 6. The SMILES string of the molecule is C=C1C[C@@H]2CC[C@@]34C[C@H]5OC6C(O[C@H]7CC[C@H](CC(=O)C[C@@H]8[C@@H](OC)[C@@H](C[C@H](O)CNC(=O)CNC(=O)[C@H](Cc9ccccc9)NC(=O)CNC(=O)CNC(=O)CN9CCOCCOCCN(C(=O)CCCCCN%10C(=O)C=CC%10=O)CCOCCOCC9)O[C@H]8C[C@H]8O[C@@H](CC[C@@H]1O2)C[C@@H](C)C8=C)O[C@@H]7[C@@H]6O3)[C@H]5O4. The first-order valence-corrected chi connectivity index (χ1v) is 39.9. The van der Waals surface area contributed by atoms with Gasteiger partial charge in [-0.15, -0.1) is 0 Å². The zero-order valence-electron chi connectivity index (χ0n) is 63.7. The summed E-state index contributed by atoms with van der Waals surface area (Å²) in [4.78, 5) is 123. The van der Waals surface area contributed by atoms with Crippen molar-refractivity contribution in [2.45, 2.75) is 232 Å². The number of benzene rings is 1. The van der Waals surface area contributed by atoms with Gasteiger partial charge in [0.1, 0.15) is 42.3 Å². The topological polar surface area (TPSA) is 364 Å². The Kier molecular flexibility index (Phi) is 30.1. The molecule has 31 nitrogen and oxygen atoms in total. The van der Waals surface area contributed by atoms with Gasteiger partial charge in [-0.25, -0.2) is 0 Å². The maximum absolute atomic E-state index is 14.6. The molecule has 0 aromatic heterocycles. The van der Waals surface area contributed by atoms with E-state index in [1.807, 2.05) is 4.90 Å². The van der Waals surface area contributed by atoms with E-state index in [0.717, 1.165) is 43.3 Å². The molecule has 31 heteroatoms. The highest BCUT2D eigenvalue weighted by Gasteiger charge is 2.69. The summed E-state index contributed by atoms with van der Waals surface area (Å²) >= 11 is 0. The molecule has 0 saturated carbocycles. The number of hydrogen-bond acceptors (Lipinski definition) is 24. The van der Waals surface area contributed by atoms with Crippen LogP contribution < -0.4 is 26.6 Å². The van der Waals surface area contributed by atoms with Gasteiger partial charge < -0.3 is 98.2 Å². The Morgan fingerprint density at radius 2 is 1.26 bits per heavy atom. The lowest BCUT2D eigenvalue weighted by atomic mass is 9.81. The highest BCUT2D eigenvalue weighted by Crippen LogP contribution is 2.55. The third-order valence-corrected chi connectivity index (χ3v) is 23.2. The fourth-order valence-electron chi connectivity index (χ4n) is 17.4. The molecule has 12 heterocycles. The van der Waals surface area contributed by atoms with E-state index in [9.17, 15) is 48.3 Å². The Labute approximate surface area is 643 Å². The molecule has 1 spiro atoms. The molecule has 1 aromatic carbocycles. The molecule has 12 bridgehead atoms. The summed E-state index contributed by atoms with van der Waals surface area (Å²) in [5.41, 5.74) is 2.72. The molecule has 11 fully saturated rings. The number of methoxy groups -OCH3 is 1. The van der Waals surface area contributed by atoms with Crippen LogP contribution in [-0.4, -0.2) is 308 Å². The maximum Gasteiger partial charge on any atom is 0.253 e. The molecule has 20 atom stereocenters. The van der Waals surface area contributed by atoms with E-state index in [4.69, 9.17) is 61.6 Å². The number of Topliss-reactive ketones (excluding diaryl/α,β-unsaturated/α-hetero) is 1. The number of aliphatic hydroxyl groups is 1. The van der Waals surface area contributed by atoms with Crippen LogP contribution in [0.3, 0.4) is 0 Å². The molecule has 1 aromatic rings. The van der Waals surface area contributed by atoms with Crippen molar-refractivity contribution in [2.24, 2.45) is 11.8 Å². The molecule has 8 amide bonds. The summed E-state index contributed by atoms with van der Waals surface area (Å²) in [6, 6.07) is 7.74. The second kappa shape index (κ2) is 40.0. The molecule has 12 aliphatic heterocycles. The van der Waals surface area contributed by atoms with Crippen molar-refractivity contribution < 1.29 is 110 Å². The predicted molar refractivity (Wildman–Crippen MR) is 392 cm³/mol. The van der Waals surface area contributed by atoms with E-state index in [2.05, 4.69) is 46.7 Å². The number of aliphatic hydroxyl groups excluding tert-OH is 1. The Balaban J connectivity index is 0.579. The van der Waals surface area contributed by atoms with Gasteiger partial charge in [0.2, 0.25) is 35.4 Å². The molecule has 2 unspecified atom stereocenters. The van der Waals surface area contributed by atoms with Crippen LogP contribution in [-0.2, 0) is 111 Å². The summed E-state index contributed by atoms with van der Waals surface area (Å²) < 4.78 is 84.1. The number of nitrogens with one attached hydrogen (secondary N) is 5. The summed E-state index contributed by atoms with van der Waals surface area (Å²) in [7, 11) is 1.57. The van der Waals surface area contributed by atoms with Crippen molar-refractivity contribution in [3.8, 4) is 0 Å². The van der Waals surface area contributed by atoms with Gasteiger partial charge in [-0.05, 0) is 80.4 Å². The van der Waals surface area contributed by atoms with Crippen LogP contribution in [0.4, 0.5) is 0 Å². The van der Waals surface area contributed by atoms with Gasteiger partial charge in [-0.1, -0.05) is 56.8 Å². The molecule has 12 aliphatic rings.